The lowest BCUT2D eigenvalue weighted by molar-refractivity contribution is 0.254. The first-order valence-electron chi connectivity index (χ1n) is 12.3. The van der Waals surface area contributed by atoms with Gasteiger partial charge in [0.1, 0.15) is 12.4 Å². The highest BCUT2D eigenvalue weighted by Gasteiger charge is 2.12. The number of ether oxygens (including phenoxy) is 1. The Morgan fingerprint density at radius 1 is 0.912 bits per heavy atom. The van der Waals surface area contributed by atoms with E-state index in [1.165, 1.54) is 36.0 Å². The third-order valence-corrected chi connectivity index (χ3v) is 5.85. The van der Waals surface area contributed by atoms with Gasteiger partial charge in [0.25, 0.3) is 0 Å². The smallest absolute Gasteiger partial charge is 0.318 e. The summed E-state index contributed by atoms with van der Waals surface area (Å²) in [7, 11) is 1.62. The quantitative estimate of drug-likeness (QED) is 0.257. The van der Waals surface area contributed by atoms with Crippen molar-refractivity contribution in [3.05, 3.63) is 95.6 Å². The van der Waals surface area contributed by atoms with Crippen LogP contribution in [0.2, 0.25) is 0 Å². The molecule has 0 saturated carbocycles. The third kappa shape index (κ3) is 8.56. The minimum Gasteiger partial charge on any atom is -0.489 e. The predicted molar refractivity (Wildman–Crippen MR) is 140 cm³/mol. The van der Waals surface area contributed by atoms with Crippen molar-refractivity contribution in [3.63, 3.8) is 0 Å². The Balaban J connectivity index is 1.53. The Morgan fingerprint density at radius 3 is 2.44 bits per heavy atom. The summed E-state index contributed by atoms with van der Waals surface area (Å²) in [5.41, 5.74) is 4.46. The maximum Gasteiger partial charge on any atom is 0.318 e. The van der Waals surface area contributed by atoms with E-state index in [4.69, 9.17) is 4.74 Å². The Bertz CT molecular complexity index is 990. The summed E-state index contributed by atoms with van der Waals surface area (Å²) in [6.07, 6.45) is 5.61. The van der Waals surface area contributed by atoms with Crippen molar-refractivity contribution in [2.45, 2.75) is 51.7 Å². The van der Waals surface area contributed by atoms with Crippen molar-refractivity contribution in [1.29, 1.82) is 0 Å². The van der Waals surface area contributed by atoms with Crippen LogP contribution in [-0.4, -0.2) is 19.6 Å². The molecule has 1 unspecified atom stereocenters. The van der Waals surface area contributed by atoms with Gasteiger partial charge >= 0.3 is 6.03 Å². The van der Waals surface area contributed by atoms with Crippen molar-refractivity contribution in [3.8, 4) is 5.75 Å². The lowest BCUT2D eigenvalue weighted by atomic mass is 9.99. The molecule has 0 aromatic heterocycles. The Hall–Kier alpha value is -3.31. The van der Waals surface area contributed by atoms with Crippen LogP contribution in [0.1, 0.15) is 55.3 Å². The molecule has 0 aliphatic carbocycles. The van der Waals surface area contributed by atoms with Crippen LogP contribution in [0.5, 0.6) is 5.75 Å². The molecule has 0 spiro atoms. The van der Waals surface area contributed by atoms with E-state index in [0.29, 0.717) is 6.61 Å². The number of unbranched alkanes of at least 4 members (excludes halogenated alkanes) is 2. The van der Waals surface area contributed by atoms with Gasteiger partial charge in [-0.2, -0.15) is 0 Å². The highest BCUT2D eigenvalue weighted by atomic mass is 16.5. The topological polar surface area (TPSA) is 62.4 Å². The second-order valence-corrected chi connectivity index (χ2v) is 8.50. The zero-order chi connectivity index (χ0) is 24.0. The van der Waals surface area contributed by atoms with Crippen LogP contribution in [-0.2, 0) is 13.0 Å². The molecule has 0 aliphatic heterocycles. The molecule has 3 N–H and O–H groups in total. The fraction of sp³-hybridized carbons (Fsp3) is 0.345. The van der Waals surface area contributed by atoms with Crippen LogP contribution in [0.4, 0.5) is 10.5 Å². The van der Waals surface area contributed by atoms with Gasteiger partial charge in [0.05, 0.1) is 0 Å². The number of urea groups is 1. The highest BCUT2D eigenvalue weighted by Crippen LogP contribution is 2.23. The molecule has 5 nitrogen and oxygen atoms in total. The van der Waals surface area contributed by atoms with Crippen LogP contribution in [0, 0.1) is 0 Å². The van der Waals surface area contributed by atoms with E-state index < -0.39 is 0 Å². The average molecular weight is 460 g/mol. The number of carbonyl (C=O) groups is 1. The molecule has 2 amide bonds. The van der Waals surface area contributed by atoms with Gasteiger partial charge in [0, 0.05) is 18.8 Å². The molecule has 0 aliphatic rings. The van der Waals surface area contributed by atoms with Crippen molar-refractivity contribution >= 4 is 11.7 Å². The molecule has 3 aromatic carbocycles. The first-order chi connectivity index (χ1) is 16.7. The van der Waals surface area contributed by atoms with Gasteiger partial charge in [-0.15, -0.1) is 0 Å². The van der Waals surface area contributed by atoms with Crippen LogP contribution >= 0.6 is 0 Å². The van der Waals surface area contributed by atoms with Crippen molar-refractivity contribution in [2.24, 2.45) is 0 Å². The normalized spacial score (nSPS) is 11.6. The van der Waals surface area contributed by atoms with E-state index >= 15 is 0 Å². The van der Waals surface area contributed by atoms with Crippen LogP contribution in [0.3, 0.4) is 0 Å². The fourth-order valence-corrected chi connectivity index (χ4v) is 3.90. The fourth-order valence-electron chi connectivity index (χ4n) is 3.90. The second kappa shape index (κ2) is 14.1. The first-order valence-corrected chi connectivity index (χ1v) is 12.3. The van der Waals surface area contributed by atoms with E-state index in [0.717, 1.165) is 30.8 Å². The molecule has 1 atom stereocenters. The minimum atomic E-state index is -0.205. The largest absolute Gasteiger partial charge is 0.489 e. The molecule has 0 bridgehead atoms. The maximum absolute atomic E-state index is 11.7. The maximum atomic E-state index is 11.7. The lowest BCUT2D eigenvalue weighted by Gasteiger charge is -2.20. The van der Waals surface area contributed by atoms with Gasteiger partial charge in [0.15, 0.2) is 0 Å². The number of nitrogens with one attached hydrogen (secondary N) is 3. The zero-order valence-corrected chi connectivity index (χ0v) is 20.3. The molecule has 0 heterocycles. The summed E-state index contributed by atoms with van der Waals surface area (Å²) in [5.74, 6) is 0.887. The molecule has 3 rings (SSSR count). The molecular formula is C29H37N3O2. The Kier molecular flexibility index (Phi) is 10.5. The van der Waals surface area contributed by atoms with Crippen molar-refractivity contribution < 1.29 is 9.53 Å². The second-order valence-electron chi connectivity index (χ2n) is 8.50. The van der Waals surface area contributed by atoms with Gasteiger partial charge in [-0.25, -0.2) is 4.79 Å². The summed E-state index contributed by atoms with van der Waals surface area (Å²) in [5, 5.41) is 9.21. The number of hydrogen-bond acceptors (Lipinski definition) is 3. The van der Waals surface area contributed by atoms with Crippen LogP contribution in [0.25, 0.3) is 0 Å². The van der Waals surface area contributed by atoms with Crippen molar-refractivity contribution in [1.82, 2.24) is 10.6 Å². The number of carbonyl (C=O) groups excluding carboxylic acids is 1. The molecule has 34 heavy (non-hydrogen) atoms. The summed E-state index contributed by atoms with van der Waals surface area (Å²) >= 11 is 0. The predicted octanol–water partition coefficient (Wildman–Crippen LogP) is 6.47. The van der Waals surface area contributed by atoms with Crippen molar-refractivity contribution in [2.75, 3.05) is 18.9 Å². The van der Waals surface area contributed by atoms with Gasteiger partial charge in [-0.1, -0.05) is 80.8 Å². The highest BCUT2D eigenvalue weighted by molar-refractivity contribution is 5.89. The lowest BCUT2D eigenvalue weighted by Crippen LogP contribution is -2.25. The zero-order valence-electron chi connectivity index (χ0n) is 20.3. The molecule has 0 fully saturated rings. The summed E-state index contributed by atoms with van der Waals surface area (Å²) in [6, 6.07) is 26.8. The van der Waals surface area contributed by atoms with Gasteiger partial charge in [-0.05, 0) is 60.3 Å². The van der Waals surface area contributed by atoms with Crippen LogP contribution < -0.4 is 20.7 Å². The Labute approximate surface area is 203 Å². The monoisotopic (exact) mass is 459 g/mol. The van der Waals surface area contributed by atoms with Crippen LogP contribution in [0.15, 0.2) is 78.9 Å². The van der Waals surface area contributed by atoms with Gasteiger partial charge in [-0.3, -0.25) is 0 Å². The molecule has 0 radical (unpaired) electrons. The summed E-state index contributed by atoms with van der Waals surface area (Å²) in [6.45, 7) is 3.69. The van der Waals surface area contributed by atoms with E-state index in [1.807, 2.05) is 42.5 Å². The number of anilines is 1. The van der Waals surface area contributed by atoms with E-state index in [2.05, 4.69) is 59.3 Å². The molecule has 3 aromatic rings. The average Bonchev–Trinajstić information content (AvgIpc) is 2.88. The Morgan fingerprint density at radius 2 is 1.71 bits per heavy atom. The van der Waals surface area contributed by atoms with Gasteiger partial charge < -0.3 is 20.7 Å². The number of hydrogen-bond donors (Lipinski definition) is 3. The standard InChI is InChI=1S/C29H37N3O2/c1-3-4-6-14-28(25-12-9-13-26(21-25)32-29(33)30-2)31-20-19-23-15-17-27(18-16-23)34-22-24-10-7-5-8-11-24/h5,7-13,15-18,21,28,31H,3-4,6,14,19-20,22H2,1-2H3,(H2,30,32,33). The molecule has 0 saturated heterocycles. The first kappa shape index (κ1) is 25.3. The summed E-state index contributed by atoms with van der Waals surface area (Å²) < 4.78 is 5.90. The number of rotatable bonds is 13. The molecule has 180 valence electrons. The van der Waals surface area contributed by atoms with E-state index in [1.54, 1.807) is 7.05 Å². The third-order valence-electron chi connectivity index (χ3n) is 5.85. The molecule has 5 heteroatoms. The minimum absolute atomic E-state index is 0.205. The van der Waals surface area contributed by atoms with E-state index in [9.17, 15) is 4.79 Å². The van der Waals surface area contributed by atoms with E-state index in [-0.39, 0.29) is 12.1 Å². The summed E-state index contributed by atoms with van der Waals surface area (Å²) in [4.78, 5) is 11.7. The van der Waals surface area contributed by atoms with Gasteiger partial charge in [0.2, 0.25) is 0 Å². The SMILES string of the molecule is CCCCCC(NCCc1ccc(OCc2ccccc2)cc1)c1cccc(NC(=O)NC)c1. The number of amides is 2. The molecular weight excluding hydrogens is 422 g/mol. The number of benzene rings is 3.